The lowest BCUT2D eigenvalue weighted by molar-refractivity contribution is -0.115. The average molecular weight is 455 g/mol. The van der Waals surface area contributed by atoms with Gasteiger partial charge in [-0.3, -0.25) is 14.2 Å². The molecule has 158 valence electrons. The number of fused-ring (bicyclic) bond motifs is 1. The first-order valence-corrected chi connectivity index (χ1v) is 11.6. The number of para-hydroxylation sites is 1. The Morgan fingerprint density at radius 1 is 1.16 bits per heavy atom. The van der Waals surface area contributed by atoms with Crippen molar-refractivity contribution in [3.05, 3.63) is 70.1 Å². The Balaban J connectivity index is 1.38. The average Bonchev–Trinajstić information content (AvgIpc) is 3.23. The van der Waals surface area contributed by atoms with Crippen LogP contribution in [-0.2, 0) is 11.3 Å². The molecule has 4 aromatic rings. The number of benzene rings is 2. The maximum absolute atomic E-state index is 13.1. The molecule has 2 aromatic heterocycles. The van der Waals surface area contributed by atoms with Gasteiger partial charge in [0.25, 0.3) is 5.56 Å². The summed E-state index contributed by atoms with van der Waals surface area (Å²) in [7, 11) is 0. The van der Waals surface area contributed by atoms with E-state index in [0.717, 1.165) is 5.56 Å². The van der Waals surface area contributed by atoms with Gasteiger partial charge < -0.3 is 5.32 Å². The molecule has 4 rings (SSSR count). The second-order valence-electron chi connectivity index (χ2n) is 6.65. The van der Waals surface area contributed by atoms with Crippen molar-refractivity contribution in [3.8, 4) is 11.3 Å². The van der Waals surface area contributed by atoms with E-state index in [1.807, 2.05) is 30.5 Å². The highest BCUT2D eigenvalue weighted by Crippen LogP contribution is 2.25. The first-order valence-electron chi connectivity index (χ1n) is 9.69. The number of carbonyl (C=O) groups excluding carboxylic acids is 1. The minimum atomic E-state index is -0.306. The third kappa shape index (κ3) is 4.83. The van der Waals surface area contributed by atoms with Crippen molar-refractivity contribution < 1.29 is 9.18 Å². The SMILES string of the molecule is CCn1c(SCCC(=O)Nc2nc(-c3ccc(F)cc3)cs2)nc2ccccc2c1=O. The van der Waals surface area contributed by atoms with Gasteiger partial charge in [-0.25, -0.2) is 14.4 Å². The van der Waals surface area contributed by atoms with Crippen LogP contribution in [0.1, 0.15) is 13.3 Å². The topological polar surface area (TPSA) is 76.9 Å². The summed E-state index contributed by atoms with van der Waals surface area (Å²) in [6, 6.07) is 13.3. The van der Waals surface area contributed by atoms with Gasteiger partial charge in [-0.05, 0) is 43.3 Å². The maximum Gasteiger partial charge on any atom is 0.262 e. The van der Waals surface area contributed by atoms with Crippen LogP contribution in [-0.4, -0.2) is 26.2 Å². The summed E-state index contributed by atoms with van der Waals surface area (Å²) >= 11 is 2.70. The summed E-state index contributed by atoms with van der Waals surface area (Å²) in [6.45, 7) is 2.41. The van der Waals surface area contributed by atoms with Crippen LogP contribution in [0.3, 0.4) is 0 Å². The van der Waals surface area contributed by atoms with Gasteiger partial charge in [0, 0.05) is 29.7 Å². The Morgan fingerprint density at radius 3 is 2.71 bits per heavy atom. The molecule has 0 unspecified atom stereocenters. The molecule has 31 heavy (non-hydrogen) atoms. The van der Waals surface area contributed by atoms with E-state index in [2.05, 4.69) is 15.3 Å². The fourth-order valence-electron chi connectivity index (χ4n) is 3.04. The van der Waals surface area contributed by atoms with Crippen LogP contribution in [0.2, 0.25) is 0 Å². The fourth-order valence-corrected chi connectivity index (χ4v) is 4.77. The third-order valence-electron chi connectivity index (χ3n) is 4.59. The van der Waals surface area contributed by atoms with Crippen LogP contribution in [0, 0.1) is 5.82 Å². The van der Waals surface area contributed by atoms with E-state index in [4.69, 9.17) is 0 Å². The lowest BCUT2D eigenvalue weighted by atomic mass is 10.2. The molecule has 0 spiro atoms. The number of thioether (sulfide) groups is 1. The maximum atomic E-state index is 13.1. The molecule has 0 radical (unpaired) electrons. The number of carbonyl (C=O) groups is 1. The minimum Gasteiger partial charge on any atom is -0.302 e. The largest absolute Gasteiger partial charge is 0.302 e. The normalized spacial score (nSPS) is 11.0. The molecule has 0 aliphatic carbocycles. The van der Waals surface area contributed by atoms with Crippen molar-refractivity contribution >= 4 is 45.0 Å². The molecule has 1 N–H and O–H groups in total. The lowest BCUT2D eigenvalue weighted by Crippen LogP contribution is -2.22. The van der Waals surface area contributed by atoms with E-state index >= 15 is 0 Å². The molecule has 1 amide bonds. The van der Waals surface area contributed by atoms with Crippen LogP contribution in [0.5, 0.6) is 0 Å². The van der Waals surface area contributed by atoms with E-state index in [-0.39, 0.29) is 23.7 Å². The number of halogens is 1. The number of amides is 1. The van der Waals surface area contributed by atoms with Gasteiger partial charge in [0.05, 0.1) is 16.6 Å². The molecule has 0 fully saturated rings. The molecule has 0 atom stereocenters. The first-order chi connectivity index (χ1) is 15.0. The van der Waals surface area contributed by atoms with Gasteiger partial charge in [0.2, 0.25) is 5.91 Å². The number of aromatic nitrogens is 3. The molecule has 0 saturated carbocycles. The van der Waals surface area contributed by atoms with E-state index in [1.165, 1.54) is 35.2 Å². The quantitative estimate of drug-likeness (QED) is 0.321. The molecule has 2 aromatic carbocycles. The molecular formula is C22H19FN4O2S2. The van der Waals surface area contributed by atoms with Crippen LogP contribution in [0.4, 0.5) is 9.52 Å². The Bertz CT molecular complexity index is 1280. The zero-order chi connectivity index (χ0) is 21.8. The number of rotatable bonds is 7. The highest BCUT2D eigenvalue weighted by molar-refractivity contribution is 7.99. The zero-order valence-corrected chi connectivity index (χ0v) is 18.3. The molecule has 0 saturated heterocycles. The number of nitrogens with zero attached hydrogens (tertiary/aromatic N) is 3. The molecule has 2 heterocycles. The second kappa shape index (κ2) is 9.40. The van der Waals surface area contributed by atoms with Gasteiger partial charge in [-0.1, -0.05) is 23.9 Å². The van der Waals surface area contributed by atoms with Gasteiger partial charge in [-0.15, -0.1) is 11.3 Å². The number of hydrogen-bond donors (Lipinski definition) is 1. The Morgan fingerprint density at radius 2 is 1.94 bits per heavy atom. The lowest BCUT2D eigenvalue weighted by Gasteiger charge is -2.10. The highest BCUT2D eigenvalue weighted by Gasteiger charge is 2.12. The van der Waals surface area contributed by atoms with Crippen molar-refractivity contribution in [3.63, 3.8) is 0 Å². The van der Waals surface area contributed by atoms with Crippen LogP contribution >= 0.6 is 23.1 Å². The fraction of sp³-hybridized carbons (Fsp3) is 0.182. The monoisotopic (exact) mass is 454 g/mol. The van der Waals surface area contributed by atoms with Crippen molar-refractivity contribution in [1.82, 2.24) is 14.5 Å². The Kier molecular flexibility index (Phi) is 6.43. The van der Waals surface area contributed by atoms with E-state index in [0.29, 0.717) is 39.2 Å². The number of thiazole rings is 1. The standard InChI is InChI=1S/C22H19FN4O2S2/c1-2-27-20(29)16-5-3-4-6-17(16)25-22(27)30-12-11-19(28)26-21-24-18(13-31-21)14-7-9-15(23)10-8-14/h3-10,13H,2,11-12H2,1H3,(H,24,26,28). The van der Waals surface area contributed by atoms with Crippen molar-refractivity contribution in [2.75, 3.05) is 11.1 Å². The summed E-state index contributed by atoms with van der Waals surface area (Å²) in [5, 5.41) is 6.29. The molecule has 0 bridgehead atoms. The Hall–Kier alpha value is -3.04. The van der Waals surface area contributed by atoms with Crippen molar-refractivity contribution in [1.29, 1.82) is 0 Å². The molecule has 6 nitrogen and oxygen atoms in total. The molecular weight excluding hydrogens is 435 g/mol. The van der Waals surface area contributed by atoms with Crippen LogP contribution in [0.25, 0.3) is 22.2 Å². The van der Waals surface area contributed by atoms with Gasteiger partial charge >= 0.3 is 0 Å². The van der Waals surface area contributed by atoms with Gasteiger partial charge in [0.1, 0.15) is 5.82 Å². The van der Waals surface area contributed by atoms with Gasteiger partial charge in [-0.2, -0.15) is 0 Å². The van der Waals surface area contributed by atoms with Crippen molar-refractivity contribution in [2.24, 2.45) is 0 Å². The van der Waals surface area contributed by atoms with E-state index in [9.17, 15) is 14.0 Å². The minimum absolute atomic E-state index is 0.0730. The van der Waals surface area contributed by atoms with E-state index < -0.39 is 0 Å². The van der Waals surface area contributed by atoms with Gasteiger partial charge in [0.15, 0.2) is 10.3 Å². The van der Waals surface area contributed by atoms with Crippen molar-refractivity contribution in [2.45, 2.75) is 25.0 Å². The number of hydrogen-bond acceptors (Lipinski definition) is 6. The predicted molar refractivity (Wildman–Crippen MR) is 123 cm³/mol. The predicted octanol–water partition coefficient (Wildman–Crippen LogP) is 4.80. The number of anilines is 1. The third-order valence-corrected chi connectivity index (χ3v) is 6.33. The Labute approximate surface area is 186 Å². The highest BCUT2D eigenvalue weighted by atomic mass is 32.2. The molecule has 9 heteroatoms. The number of nitrogens with one attached hydrogen (secondary N) is 1. The van der Waals surface area contributed by atoms with Crippen LogP contribution in [0.15, 0.2) is 63.9 Å². The summed E-state index contributed by atoms with van der Waals surface area (Å²) in [5.41, 5.74) is 2.05. The zero-order valence-electron chi connectivity index (χ0n) is 16.7. The second-order valence-corrected chi connectivity index (χ2v) is 8.57. The summed E-state index contributed by atoms with van der Waals surface area (Å²) < 4.78 is 14.7. The molecule has 0 aliphatic heterocycles. The summed E-state index contributed by atoms with van der Waals surface area (Å²) in [5.74, 6) is 0.00499. The van der Waals surface area contributed by atoms with E-state index in [1.54, 1.807) is 22.8 Å². The first kappa shape index (κ1) is 21.2. The molecule has 0 aliphatic rings. The summed E-state index contributed by atoms with van der Waals surface area (Å²) in [6.07, 6.45) is 0.253. The smallest absolute Gasteiger partial charge is 0.262 e. The summed E-state index contributed by atoms with van der Waals surface area (Å²) in [4.78, 5) is 34.0. The van der Waals surface area contributed by atoms with Crippen LogP contribution < -0.4 is 10.9 Å².